The summed E-state index contributed by atoms with van der Waals surface area (Å²) >= 11 is 6.29. The van der Waals surface area contributed by atoms with E-state index < -0.39 is 6.04 Å². The van der Waals surface area contributed by atoms with E-state index >= 15 is 0 Å². The average molecular weight is 458 g/mol. The Morgan fingerprint density at radius 2 is 1.88 bits per heavy atom. The highest BCUT2D eigenvalue weighted by molar-refractivity contribution is 6.34. The zero-order chi connectivity index (χ0) is 23.3. The Morgan fingerprint density at radius 3 is 2.47 bits per heavy atom. The van der Waals surface area contributed by atoms with Crippen molar-refractivity contribution in [2.45, 2.75) is 39.7 Å². The van der Waals surface area contributed by atoms with Crippen molar-refractivity contribution >= 4 is 40.7 Å². The molecule has 8 heteroatoms. The first-order valence-electron chi connectivity index (χ1n) is 10.7. The van der Waals surface area contributed by atoms with E-state index in [0.29, 0.717) is 47.3 Å². The molecule has 1 aliphatic rings. The summed E-state index contributed by atoms with van der Waals surface area (Å²) < 4.78 is 5.40. The number of ether oxygens (including phenoxy) is 1. The first-order chi connectivity index (χ1) is 15.3. The second-order valence-corrected chi connectivity index (χ2v) is 8.36. The van der Waals surface area contributed by atoms with Gasteiger partial charge in [0, 0.05) is 24.2 Å². The summed E-state index contributed by atoms with van der Waals surface area (Å²) in [7, 11) is 0. The zero-order valence-electron chi connectivity index (χ0n) is 18.5. The van der Waals surface area contributed by atoms with Gasteiger partial charge in [0.15, 0.2) is 0 Å². The number of nitrogens with zero attached hydrogens (tertiary/aromatic N) is 1. The van der Waals surface area contributed by atoms with Gasteiger partial charge >= 0.3 is 0 Å². The van der Waals surface area contributed by atoms with E-state index in [0.717, 1.165) is 6.42 Å². The minimum absolute atomic E-state index is 0.0484. The van der Waals surface area contributed by atoms with E-state index in [1.807, 2.05) is 20.8 Å². The van der Waals surface area contributed by atoms with Crippen molar-refractivity contribution in [1.29, 1.82) is 0 Å². The Balaban J connectivity index is 1.72. The smallest absolute Gasteiger partial charge is 0.251 e. The second kappa shape index (κ2) is 10.5. The Labute approximate surface area is 193 Å². The van der Waals surface area contributed by atoms with E-state index in [2.05, 4.69) is 10.6 Å². The number of hydrogen-bond donors (Lipinski definition) is 2. The number of nitrogens with one attached hydrogen (secondary N) is 2. The molecule has 3 rings (SSSR count). The van der Waals surface area contributed by atoms with Crippen molar-refractivity contribution in [1.82, 2.24) is 5.32 Å². The average Bonchev–Trinajstić information content (AvgIpc) is 3.19. The lowest BCUT2D eigenvalue weighted by Gasteiger charge is -2.23. The molecule has 0 aliphatic carbocycles. The van der Waals surface area contributed by atoms with Crippen LogP contribution in [0.4, 0.5) is 11.4 Å². The standard InChI is InChI=1S/C24H28ClN3O4/c1-4-32-18-10-7-16(8-11-18)23(30)27-22(15(2)3)24(31)26-20-14-17(9-12-19(20)25)28-13-5-6-21(28)29/h7-12,14-15,22H,4-6,13H2,1-3H3,(H,26,31)(H,27,30). The monoisotopic (exact) mass is 457 g/mol. The highest BCUT2D eigenvalue weighted by Crippen LogP contribution is 2.30. The summed E-state index contributed by atoms with van der Waals surface area (Å²) in [6.45, 7) is 6.77. The third kappa shape index (κ3) is 5.59. The summed E-state index contributed by atoms with van der Waals surface area (Å²) in [5.41, 5.74) is 1.51. The van der Waals surface area contributed by atoms with E-state index in [-0.39, 0.29) is 23.6 Å². The number of halogens is 1. The van der Waals surface area contributed by atoms with Crippen molar-refractivity contribution in [3.05, 3.63) is 53.1 Å². The second-order valence-electron chi connectivity index (χ2n) is 7.95. The molecule has 1 heterocycles. The Morgan fingerprint density at radius 1 is 1.16 bits per heavy atom. The Bertz CT molecular complexity index is 991. The summed E-state index contributed by atoms with van der Waals surface area (Å²) in [5.74, 6) is -0.181. The van der Waals surface area contributed by atoms with E-state index in [1.165, 1.54) is 0 Å². The van der Waals surface area contributed by atoms with Crippen LogP contribution in [-0.2, 0) is 9.59 Å². The van der Waals surface area contributed by atoms with Gasteiger partial charge in [-0.25, -0.2) is 0 Å². The van der Waals surface area contributed by atoms with Crippen molar-refractivity contribution < 1.29 is 19.1 Å². The van der Waals surface area contributed by atoms with E-state index in [4.69, 9.17) is 16.3 Å². The van der Waals surface area contributed by atoms with Gasteiger partial charge in [-0.05, 0) is 61.7 Å². The fourth-order valence-electron chi connectivity index (χ4n) is 3.54. The molecule has 0 spiro atoms. The molecule has 2 aromatic carbocycles. The highest BCUT2D eigenvalue weighted by Gasteiger charge is 2.26. The minimum Gasteiger partial charge on any atom is -0.494 e. The molecule has 7 nitrogen and oxygen atoms in total. The molecule has 0 aromatic heterocycles. The van der Waals surface area contributed by atoms with E-state index in [1.54, 1.807) is 47.4 Å². The number of anilines is 2. The number of benzene rings is 2. The van der Waals surface area contributed by atoms with Gasteiger partial charge in [0.2, 0.25) is 11.8 Å². The van der Waals surface area contributed by atoms with Crippen molar-refractivity contribution in [3.63, 3.8) is 0 Å². The predicted molar refractivity (Wildman–Crippen MR) is 125 cm³/mol. The molecule has 1 fully saturated rings. The molecular weight excluding hydrogens is 430 g/mol. The molecule has 2 aromatic rings. The molecule has 32 heavy (non-hydrogen) atoms. The van der Waals surface area contributed by atoms with Gasteiger partial charge in [-0.3, -0.25) is 14.4 Å². The largest absolute Gasteiger partial charge is 0.494 e. The maximum absolute atomic E-state index is 13.0. The van der Waals surface area contributed by atoms with Gasteiger partial charge in [-0.15, -0.1) is 0 Å². The van der Waals surface area contributed by atoms with Crippen LogP contribution < -0.4 is 20.3 Å². The molecule has 3 amide bonds. The Kier molecular flexibility index (Phi) is 7.75. The molecule has 1 atom stereocenters. The maximum atomic E-state index is 13.0. The molecule has 1 saturated heterocycles. The molecule has 0 radical (unpaired) electrons. The number of rotatable bonds is 8. The summed E-state index contributed by atoms with van der Waals surface area (Å²) in [6, 6.07) is 11.1. The van der Waals surface area contributed by atoms with Gasteiger partial charge in [-0.2, -0.15) is 0 Å². The van der Waals surface area contributed by atoms with Gasteiger partial charge < -0.3 is 20.3 Å². The molecule has 1 unspecified atom stereocenters. The lowest BCUT2D eigenvalue weighted by molar-refractivity contribution is -0.119. The fraction of sp³-hybridized carbons (Fsp3) is 0.375. The predicted octanol–water partition coefficient (Wildman–Crippen LogP) is 4.26. The normalized spacial score (nSPS) is 14.4. The Hall–Kier alpha value is -3.06. The fourth-order valence-corrected chi connectivity index (χ4v) is 3.70. The van der Waals surface area contributed by atoms with Crippen molar-refractivity contribution in [3.8, 4) is 5.75 Å². The van der Waals surface area contributed by atoms with Crippen LogP contribution >= 0.6 is 11.6 Å². The van der Waals surface area contributed by atoms with Crippen molar-refractivity contribution in [2.75, 3.05) is 23.4 Å². The van der Waals surface area contributed by atoms with Crippen molar-refractivity contribution in [2.24, 2.45) is 5.92 Å². The van der Waals surface area contributed by atoms with Crippen LogP contribution in [0.1, 0.15) is 44.0 Å². The lowest BCUT2D eigenvalue weighted by Crippen LogP contribution is -2.47. The van der Waals surface area contributed by atoms with Gasteiger partial charge in [-0.1, -0.05) is 25.4 Å². The van der Waals surface area contributed by atoms with E-state index in [9.17, 15) is 14.4 Å². The molecule has 2 N–H and O–H groups in total. The highest BCUT2D eigenvalue weighted by atomic mass is 35.5. The number of carbonyl (C=O) groups excluding carboxylic acids is 3. The SMILES string of the molecule is CCOc1ccc(C(=O)NC(C(=O)Nc2cc(N3CCCC3=O)ccc2Cl)C(C)C)cc1. The van der Waals surface area contributed by atoms with Crippen LogP contribution in [0.5, 0.6) is 5.75 Å². The first-order valence-corrected chi connectivity index (χ1v) is 11.1. The number of carbonyl (C=O) groups is 3. The van der Waals surface area contributed by atoms with Crippen LogP contribution in [0, 0.1) is 5.92 Å². The zero-order valence-corrected chi connectivity index (χ0v) is 19.2. The van der Waals surface area contributed by atoms with Crippen LogP contribution in [0.25, 0.3) is 0 Å². The summed E-state index contributed by atoms with van der Waals surface area (Å²) in [6.07, 6.45) is 1.31. The first kappa shape index (κ1) is 23.6. The van der Waals surface area contributed by atoms with Crippen LogP contribution in [-0.4, -0.2) is 36.9 Å². The molecule has 170 valence electrons. The van der Waals surface area contributed by atoms with Gasteiger partial charge in [0.05, 0.1) is 17.3 Å². The van der Waals surface area contributed by atoms with Crippen LogP contribution in [0.3, 0.4) is 0 Å². The quantitative estimate of drug-likeness (QED) is 0.620. The molecule has 0 bridgehead atoms. The van der Waals surface area contributed by atoms with Crippen LogP contribution in [0.2, 0.25) is 5.02 Å². The third-order valence-electron chi connectivity index (χ3n) is 5.26. The third-order valence-corrected chi connectivity index (χ3v) is 5.59. The number of hydrogen-bond acceptors (Lipinski definition) is 4. The molecular formula is C24H28ClN3O4. The maximum Gasteiger partial charge on any atom is 0.251 e. The number of amides is 3. The topological polar surface area (TPSA) is 87.7 Å². The van der Waals surface area contributed by atoms with Crippen LogP contribution in [0.15, 0.2) is 42.5 Å². The minimum atomic E-state index is -0.776. The molecule has 0 saturated carbocycles. The van der Waals surface area contributed by atoms with Gasteiger partial charge in [0.25, 0.3) is 5.91 Å². The lowest BCUT2D eigenvalue weighted by atomic mass is 10.0. The molecule has 1 aliphatic heterocycles. The summed E-state index contributed by atoms with van der Waals surface area (Å²) in [5, 5.41) is 5.97. The summed E-state index contributed by atoms with van der Waals surface area (Å²) in [4.78, 5) is 39.5. The van der Waals surface area contributed by atoms with Gasteiger partial charge in [0.1, 0.15) is 11.8 Å².